The number of nitrogens with zero attached hydrogens (tertiary/aromatic N) is 1. The Labute approximate surface area is 127 Å². The molecule has 0 atom stereocenters. The zero-order valence-electron chi connectivity index (χ0n) is 12.8. The normalized spacial score (nSPS) is 14.9. The van der Waals surface area contributed by atoms with E-state index in [0.717, 1.165) is 23.0 Å². The summed E-state index contributed by atoms with van der Waals surface area (Å²) in [5.74, 6) is 0.00000310. The molecule has 1 aliphatic rings. The summed E-state index contributed by atoms with van der Waals surface area (Å²) >= 11 is 0. The molecule has 3 rings (SSSR count). The molecule has 0 bridgehead atoms. The molecule has 1 aromatic heterocycles. The molecule has 0 N–H and O–H groups in total. The summed E-state index contributed by atoms with van der Waals surface area (Å²) in [6.45, 7) is 0. The van der Waals surface area contributed by atoms with Crippen LogP contribution in [-0.2, 0) is 13.5 Å². The van der Waals surface area contributed by atoms with Gasteiger partial charge in [0.1, 0.15) is 5.75 Å². The second-order valence-electron chi connectivity index (χ2n) is 5.64. The van der Waals surface area contributed by atoms with Crippen molar-refractivity contribution in [2.45, 2.75) is 32.1 Å². The predicted molar refractivity (Wildman–Crippen MR) is 84.5 cm³/mol. The largest absolute Gasteiger partial charge is 0.496 e. The molecule has 5 heteroatoms. The molecule has 22 heavy (non-hydrogen) atoms. The molecule has 0 unspecified atom stereocenters. The lowest BCUT2D eigenvalue weighted by atomic mass is 9.93. The standard InChI is InChI=1S/C17H19NO4/c1-18-16(19)12-8-9-14(21-2)13(15(12)22-17(18)20)10-11-6-4-3-5-7-11/h6,8-9H,3-5,7,10H2,1-2H3. The summed E-state index contributed by atoms with van der Waals surface area (Å²) in [7, 11) is 3.00. The van der Waals surface area contributed by atoms with Crippen molar-refractivity contribution in [1.82, 2.24) is 4.57 Å². The first kappa shape index (κ1) is 14.6. The Morgan fingerprint density at radius 1 is 1.27 bits per heavy atom. The molecule has 0 radical (unpaired) electrons. The monoisotopic (exact) mass is 301 g/mol. The Hall–Kier alpha value is -2.30. The van der Waals surface area contributed by atoms with Crippen molar-refractivity contribution >= 4 is 11.0 Å². The molecule has 1 heterocycles. The number of rotatable bonds is 3. The first-order valence-corrected chi connectivity index (χ1v) is 7.49. The van der Waals surface area contributed by atoms with Crippen LogP contribution in [0.4, 0.5) is 0 Å². The van der Waals surface area contributed by atoms with Gasteiger partial charge in [0.05, 0.1) is 12.5 Å². The summed E-state index contributed by atoms with van der Waals surface area (Å²) in [6.07, 6.45) is 7.39. The molecule has 0 aliphatic heterocycles. The van der Waals surface area contributed by atoms with Crippen molar-refractivity contribution in [3.63, 3.8) is 0 Å². The van der Waals surface area contributed by atoms with Crippen molar-refractivity contribution in [3.8, 4) is 5.75 Å². The highest BCUT2D eigenvalue weighted by Gasteiger charge is 2.17. The van der Waals surface area contributed by atoms with Gasteiger partial charge in [-0.2, -0.15) is 0 Å². The molecule has 1 aromatic carbocycles. The molecule has 1 aliphatic carbocycles. The van der Waals surface area contributed by atoms with Crippen LogP contribution < -0.4 is 16.1 Å². The summed E-state index contributed by atoms with van der Waals surface area (Å²) in [5.41, 5.74) is 2.09. The van der Waals surface area contributed by atoms with Crippen molar-refractivity contribution < 1.29 is 9.15 Å². The fourth-order valence-corrected chi connectivity index (χ4v) is 2.97. The third-order valence-electron chi connectivity index (χ3n) is 4.22. The molecule has 0 spiro atoms. The van der Waals surface area contributed by atoms with Crippen LogP contribution in [0.3, 0.4) is 0 Å². The molecule has 0 saturated heterocycles. The highest BCUT2D eigenvalue weighted by molar-refractivity contribution is 5.81. The SMILES string of the molecule is COc1ccc2c(=O)n(C)c(=O)oc2c1CC1=CCCCC1. The van der Waals surface area contributed by atoms with Crippen LogP contribution in [0, 0.1) is 0 Å². The number of allylic oxidation sites excluding steroid dienone is 2. The number of ether oxygens (including phenoxy) is 1. The van der Waals surface area contributed by atoms with Gasteiger partial charge < -0.3 is 9.15 Å². The van der Waals surface area contributed by atoms with E-state index >= 15 is 0 Å². The zero-order valence-corrected chi connectivity index (χ0v) is 12.8. The number of methoxy groups -OCH3 is 1. The Kier molecular flexibility index (Phi) is 3.88. The van der Waals surface area contributed by atoms with E-state index < -0.39 is 5.76 Å². The Morgan fingerprint density at radius 3 is 2.77 bits per heavy atom. The van der Waals surface area contributed by atoms with E-state index in [2.05, 4.69) is 6.08 Å². The Balaban J connectivity index is 2.23. The molecular weight excluding hydrogens is 282 g/mol. The van der Waals surface area contributed by atoms with E-state index in [-0.39, 0.29) is 5.56 Å². The van der Waals surface area contributed by atoms with Crippen LogP contribution in [-0.4, -0.2) is 11.7 Å². The van der Waals surface area contributed by atoms with Crippen molar-refractivity contribution in [2.75, 3.05) is 7.11 Å². The van der Waals surface area contributed by atoms with Crippen LogP contribution in [0.1, 0.15) is 31.2 Å². The minimum Gasteiger partial charge on any atom is -0.496 e. The van der Waals surface area contributed by atoms with Gasteiger partial charge in [-0.1, -0.05) is 11.6 Å². The maximum atomic E-state index is 12.2. The van der Waals surface area contributed by atoms with Gasteiger partial charge in [-0.3, -0.25) is 4.79 Å². The molecule has 0 fully saturated rings. The zero-order chi connectivity index (χ0) is 15.7. The van der Waals surface area contributed by atoms with Gasteiger partial charge in [0.25, 0.3) is 5.56 Å². The van der Waals surface area contributed by atoms with Gasteiger partial charge in [0.2, 0.25) is 0 Å². The molecule has 116 valence electrons. The van der Waals surface area contributed by atoms with Crippen molar-refractivity contribution in [2.24, 2.45) is 7.05 Å². The molecule has 5 nitrogen and oxygen atoms in total. The van der Waals surface area contributed by atoms with Crippen molar-refractivity contribution in [3.05, 3.63) is 50.2 Å². The van der Waals surface area contributed by atoms with Crippen LogP contribution in [0.5, 0.6) is 5.75 Å². The van der Waals surface area contributed by atoms with Gasteiger partial charge in [0, 0.05) is 19.0 Å². The van der Waals surface area contributed by atoms with Crippen LogP contribution in [0.15, 0.2) is 37.8 Å². The minimum atomic E-state index is -0.648. The fourth-order valence-electron chi connectivity index (χ4n) is 2.97. The molecular formula is C17H19NO4. The van der Waals surface area contributed by atoms with Crippen LogP contribution in [0.2, 0.25) is 0 Å². The number of hydrogen-bond acceptors (Lipinski definition) is 4. The van der Waals surface area contributed by atoms with E-state index in [1.54, 1.807) is 19.2 Å². The van der Waals surface area contributed by atoms with E-state index in [0.29, 0.717) is 23.1 Å². The molecule has 0 saturated carbocycles. The lowest BCUT2D eigenvalue weighted by molar-refractivity contribution is 0.407. The first-order chi connectivity index (χ1) is 10.6. The molecule has 0 amide bonds. The summed E-state index contributed by atoms with van der Waals surface area (Å²) < 4.78 is 11.8. The Bertz CT molecular complexity index is 857. The van der Waals surface area contributed by atoms with Gasteiger partial charge >= 0.3 is 5.76 Å². The van der Waals surface area contributed by atoms with Crippen LogP contribution in [0.25, 0.3) is 11.0 Å². The second kappa shape index (κ2) is 5.83. The highest BCUT2D eigenvalue weighted by Crippen LogP contribution is 2.30. The van der Waals surface area contributed by atoms with Gasteiger partial charge in [-0.05, 0) is 37.8 Å². The van der Waals surface area contributed by atoms with Crippen molar-refractivity contribution in [1.29, 1.82) is 0 Å². The maximum Gasteiger partial charge on any atom is 0.422 e. The Morgan fingerprint density at radius 2 is 2.09 bits per heavy atom. The highest BCUT2D eigenvalue weighted by atomic mass is 16.5. The third kappa shape index (κ3) is 2.47. The van der Waals surface area contributed by atoms with E-state index in [9.17, 15) is 9.59 Å². The summed E-state index contributed by atoms with van der Waals surface area (Å²) in [6, 6.07) is 3.42. The lowest BCUT2D eigenvalue weighted by Gasteiger charge is -2.15. The number of benzene rings is 1. The van der Waals surface area contributed by atoms with E-state index in [1.807, 2.05) is 0 Å². The number of aromatic nitrogens is 1. The molecule has 2 aromatic rings. The van der Waals surface area contributed by atoms with Crippen LogP contribution >= 0.6 is 0 Å². The average molecular weight is 301 g/mol. The fraction of sp³-hybridized carbons (Fsp3) is 0.412. The lowest BCUT2D eigenvalue weighted by Crippen LogP contribution is -2.29. The van der Waals surface area contributed by atoms with Gasteiger partial charge in [0.15, 0.2) is 5.58 Å². The van der Waals surface area contributed by atoms with Gasteiger partial charge in [-0.15, -0.1) is 0 Å². The summed E-state index contributed by atoms with van der Waals surface area (Å²) in [5, 5.41) is 0.411. The predicted octanol–water partition coefficient (Wildman–Crippen LogP) is 2.54. The topological polar surface area (TPSA) is 61.4 Å². The first-order valence-electron chi connectivity index (χ1n) is 7.49. The maximum absolute atomic E-state index is 12.2. The number of fused-ring (bicyclic) bond motifs is 1. The quantitative estimate of drug-likeness (QED) is 0.817. The summed E-state index contributed by atoms with van der Waals surface area (Å²) in [4.78, 5) is 24.1. The third-order valence-corrected chi connectivity index (χ3v) is 4.22. The minimum absolute atomic E-state index is 0.340. The van der Waals surface area contributed by atoms with Gasteiger partial charge in [-0.25, -0.2) is 9.36 Å². The van der Waals surface area contributed by atoms with E-state index in [1.165, 1.54) is 25.5 Å². The smallest absolute Gasteiger partial charge is 0.422 e. The van der Waals surface area contributed by atoms with E-state index in [4.69, 9.17) is 9.15 Å². The second-order valence-corrected chi connectivity index (χ2v) is 5.64. The number of hydrogen-bond donors (Lipinski definition) is 0. The average Bonchev–Trinajstić information content (AvgIpc) is 2.54.